The van der Waals surface area contributed by atoms with Crippen molar-refractivity contribution >= 4 is 5.91 Å². The number of hydrogen-bond donors (Lipinski definition) is 1. The molecule has 0 bridgehead atoms. The minimum atomic E-state index is -0.123. The number of carbonyl (C=O) groups is 1. The van der Waals surface area contributed by atoms with Gasteiger partial charge in [-0.15, -0.1) is 0 Å². The van der Waals surface area contributed by atoms with Gasteiger partial charge in [0.2, 0.25) is 0 Å². The maximum atomic E-state index is 12.2. The highest BCUT2D eigenvalue weighted by atomic mass is 19.1. The largest absolute Gasteiger partial charge is 0.373 e. The zero-order valence-electron chi connectivity index (χ0n) is 11.4. The van der Waals surface area contributed by atoms with Crippen LogP contribution in [0, 0.1) is 0 Å². The maximum absolute atomic E-state index is 12.2. The molecule has 0 spiro atoms. The molecule has 0 aromatic carbocycles. The fraction of sp³-hybridized carbons (Fsp3) is 0.357. The molecule has 0 heterocycles. The van der Waals surface area contributed by atoms with Crippen molar-refractivity contribution in [1.82, 2.24) is 4.90 Å². The fourth-order valence-corrected chi connectivity index (χ4v) is 1.15. The van der Waals surface area contributed by atoms with Gasteiger partial charge >= 0.3 is 0 Å². The second-order valence-corrected chi connectivity index (χ2v) is 3.95. The van der Waals surface area contributed by atoms with E-state index in [2.05, 4.69) is 6.58 Å². The lowest BCUT2D eigenvalue weighted by molar-refractivity contribution is -0.124. The number of allylic oxidation sites excluding steroid dienone is 2. The van der Waals surface area contributed by atoms with Gasteiger partial charge in [-0.25, -0.2) is 4.39 Å². The second kappa shape index (κ2) is 10.2. The molecule has 106 valence electrons. The van der Waals surface area contributed by atoms with Gasteiger partial charge in [0.25, 0.3) is 5.91 Å². The van der Waals surface area contributed by atoms with Crippen molar-refractivity contribution in [2.45, 2.75) is 0 Å². The molecule has 0 atom stereocenters. The Bertz CT molecular complexity index is 385. The first-order valence-corrected chi connectivity index (χ1v) is 5.83. The van der Waals surface area contributed by atoms with Crippen LogP contribution < -0.4 is 5.73 Å². The number of nitrogens with two attached hydrogens (primary N) is 1. The van der Waals surface area contributed by atoms with Crippen LogP contribution in [0.25, 0.3) is 0 Å². The van der Waals surface area contributed by atoms with E-state index in [4.69, 9.17) is 10.5 Å². The Morgan fingerprint density at radius 2 is 2.16 bits per heavy atom. The summed E-state index contributed by atoms with van der Waals surface area (Å²) in [6.07, 6.45) is 6.93. The quantitative estimate of drug-likeness (QED) is 0.413. The van der Waals surface area contributed by atoms with Crippen LogP contribution in [0.4, 0.5) is 4.39 Å². The van der Waals surface area contributed by atoms with Gasteiger partial charge in [-0.2, -0.15) is 0 Å². The van der Waals surface area contributed by atoms with Gasteiger partial charge in [-0.05, 0) is 5.57 Å². The SMILES string of the molecule is C=C/C=C(\C=C/COC/C(=C/F)CN)C(=O)N(C)C. The smallest absolute Gasteiger partial charge is 0.253 e. The van der Waals surface area contributed by atoms with Crippen molar-refractivity contribution in [2.75, 3.05) is 33.9 Å². The second-order valence-electron chi connectivity index (χ2n) is 3.95. The number of ether oxygens (including phenoxy) is 1. The first-order chi connectivity index (χ1) is 9.06. The van der Waals surface area contributed by atoms with E-state index >= 15 is 0 Å². The highest BCUT2D eigenvalue weighted by Gasteiger charge is 2.06. The average Bonchev–Trinajstić information content (AvgIpc) is 2.40. The van der Waals surface area contributed by atoms with Crippen LogP contribution in [-0.4, -0.2) is 44.7 Å². The van der Waals surface area contributed by atoms with Crippen LogP contribution in [0.3, 0.4) is 0 Å². The lowest BCUT2D eigenvalue weighted by Gasteiger charge is -2.10. The van der Waals surface area contributed by atoms with Crippen LogP contribution in [-0.2, 0) is 9.53 Å². The van der Waals surface area contributed by atoms with Gasteiger partial charge in [-0.1, -0.05) is 30.9 Å². The monoisotopic (exact) mass is 268 g/mol. The van der Waals surface area contributed by atoms with Crippen LogP contribution in [0.1, 0.15) is 0 Å². The van der Waals surface area contributed by atoms with E-state index in [1.54, 1.807) is 38.4 Å². The van der Waals surface area contributed by atoms with Crippen molar-refractivity contribution in [3.05, 3.63) is 48.4 Å². The highest BCUT2D eigenvalue weighted by Crippen LogP contribution is 2.02. The van der Waals surface area contributed by atoms with Crippen LogP contribution in [0.15, 0.2) is 48.4 Å². The van der Waals surface area contributed by atoms with Crippen molar-refractivity contribution < 1.29 is 13.9 Å². The summed E-state index contributed by atoms with van der Waals surface area (Å²) in [6, 6.07) is 0. The average molecular weight is 268 g/mol. The lowest BCUT2D eigenvalue weighted by Crippen LogP contribution is -2.22. The van der Waals surface area contributed by atoms with Gasteiger partial charge in [0, 0.05) is 26.2 Å². The summed E-state index contributed by atoms with van der Waals surface area (Å²) in [5.74, 6) is -0.123. The Morgan fingerprint density at radius 1 is 1.47 bits per heavy atom. The summed E-state index contributed by atoms with van der Waals surface area (Å²) in [5, 5.41) is 0. The first kappa shape index (κ1) is 17.3. The predicted molar refractivity (Wildman–Crippen MR) is 75.2 cm³/mol. The van der Waals surface area contributed by atoms with Crippen molar-refractivity contribution in [1.29, 1.82) is 0 Å². The molecule has 4 nitrogen and oxygen atoms in total. The number of hydrogen-bond acceptors (Lipinski definition) is 3. The normalized spacial score (nSPS) is 12.8. The molecule has 0 fully saturated rings. The molecule has 0 aliphatic rings. The Labute approximate surface area is 113 Å². The molecule has 0 saturated carbocycles. The molecule has 0 radical (unpaired) electrons. The minimum absolute atomic E-state index is 0.123. The molecule has 0 saturated heterocycles. The Morgan fingerprint density at radius 3 is 2.63 bits per heavy atom. The summed E-state index contributed by atoms with van der Waals surface area (Å²) in [5.41, 5.74) is 6.17. The van der Waals surface area contributed by atoms with Crippen molar-refractivity contribution in [3.63, 3.8) is 0 Å². The maximum Gasteiger partial charge on any atom is 0.253 e. The van der Waals surface area contributed by atoms with Gasteiger partial charge in [0.15, 0.2) is 0 Å². The summed E-state index contributed by atoms with van der Waals surface area (Å²) in [6.45, 7) is 4.09. The summed E-state index contributed by atoms with van der Waals surface area (Å²) < 4.78 is 17.4. The van der Waals surface area contributed by atoms with E-state index in [9.17, 15) is 9.18 Å². The molecule has 0 aliphatic carbocycles. The molecular weight excluding hydrogens is 247 g/mol. The van der Waals surface area contributed by atoms with E-state index in [0.29, 0.717) is 17.5 Å². The van der Waals surface area contributed by atoms with Crippen LogP contribution >= 0.6 is 0 Å². The van der Waals surface area contributed by atoms with E-state index in [0.717, 1.165) is 0 Å². The summed E-state index contributed by atoms with van der Waals surface area (Å²) in [4.78, 5) is 13.2. The van der Waals surface area contributed by atoms with Gasteiger partial charge < -0.3 is 15.4 Å². The number of halogens is 1. The number of likely N-dealkylation sites (N-methyl/N-ethyl adjacent to an activating group) is 1. The standard InChI is InChI=1S/C14H21FN2O2/c1-4-6-13(14(18)17(2)3)7-5-8-19-11-12(9-15)10-16/h4-7,9H,1,8,10-11,16H2,2-3H3/b7-5-,12-9+,13-6+. The molecular formula is C14H21FN2O2. The Hall–Kier alpha value is -1.72. The molecule has 0 unspecified atom stereocenters. The van der Waals surface area contributed by atoms with E-state index < -0.39 is 0 Å². The van der Waals surface area contributed by atoms with E-state index in [1.807, 2.05) is 0 Å². The molecule has 0 aromatic heterocycles. The van der Waals surface area contributed by atoms with Crippen LogP contribution in [0.5, 0.6) is 0 Å². The zero-order valence-corrected chi connectivity index (χ0v) is 11.4. The topological polar surface area (TPSA) is 55.6 Å². The number of rotatable bonds is 8. The molecule has 0 rings (SSSR count). The highest BCUT2D eigenvalue weighted by molar-refractivity contribution is 5.96. The third-order valence-corrected chi connectivity index (χ3v) is 2.17. The van der Waals surface area contributed by atoms with Crippen molar-refractivity contribution in [3.8, 4) is 0 Å². The van der Waals surface area contributed by atoms with E-state index in [-0.39, 0.29) is 25.7 Å². The minimum Gasteiger partial charge on any atom is -0.373 e. The van der Waals surface area contributed by atoms with Crippen molar-refractivity contribution in [2.24, 2.45) is 5.73 Å². The van der Waals surface area contributed by atoms with Gasteiger partial charge in [-0.3, -0.25) is 4.79 Å². The number of carbonyl (C=O) groups excluding carboxylic acids is 1. The molecule has 0 aromatic rings. The Balaban J connectivity index is 4.32. The van der Waals surface area contributed by atoms with Crippen LogP contribution in [0.2, 0.25) is 0 Å². The zero-order chi connectivity index (χ0) is 14.7. The third kappa shape index (κ3) is 7.33. The Kier molecular flexibility index (Phi) is 9.30. The summed E-state index contributed by atoms with van der Waals surface area (Å²) >= 11 is 0. The first-order valence-electron chi connectivity index (χ1n) is 5.83. The predicted octanol–water partition coefficient (Wildman–Crippen LogP) is 1.57. The van der Waals surface area contributed by atoms with Gasteiger partial charge in [0.05, 0.1) is 19.5 Å². The van der Waals surface area contributed by atoms with Gasteiger partial charge in [0.1, 0.15) is 0 Å². The van der Waals surface area contributed by atoms with E-state index in [1.165, 1.54) is 4.90 Å². The molecule has 0 aliphatic heterocycles. The lowest BCUT2D eigenvalue weighted by atomic mass is 10.2. The molecule has 1 amide bonds. The molecule has 19 heavy (non-hydrogen) atoms. The fourth-order valence-electron chi connectivity index (χ4n) is 1.15. The molecule has 2 N–H and O–H groups in total. The third-order valence-electron chi connectivity index (χ3n) is 2.17. The summed E-state index contributed by atoms with van der Waals surface area (Å²) in [7, 11) is 3.34. The number of nitrogens with zero attached hydrogens (tertiary/aromatic N) is 1. The molecule has 5 heteroatoms. The number of amides is 1.